The number of halogens is 3. The summed E-state index contributed by atoms with van der Waals surface area (Å²) in [5, 5.41) is 13.7. The van der Waals surface area contributed by atoms with Crippen LogP contribution in [0.3, 0.4) is 0 Å². The molecule has 33 heavy (non-hydrogen) atoms. The van der Waals surface area contributed by atoms with Crippen LogP contribution in [0.2, 0.25) is 0 Å². The topological polar surface area (TPSA) is 86.3 Å². The van der Waals surface area contributed by atoms with Gasteiger partial charge in [-0.15, -0.1) is 10.2 Å². The van der Waals surface area contributed by atoms with Crippen molar-refractivity contribution < 1.29 is 18.0 Å². The van der Waals surface area contributed by atoms with Gasteiger partial charge in [-0.2, -0.15) is 13.2 Å². The number of urea groups is 1. The summed E-state index contributed by atoms with van der Waals surface area (Å²) in [5.74, 6) is 0. The first-order chi connectivity index (χ1) is 15.8. The Morgan fingerprint density at radius 3 is 2.48 bits per heavy atom. The van der Waals surface area contributed by atoms with Crippen molar-refractivity contribution in [2.75, 3.05) is 43.9 Å². The zero-order valence-electron chi connectivity index (χ0n) is 17.8. The molecule has 1 saturated heterocycles. The molecule has 12 heteroatoms. The summed E-state index contributed by atoms with van der Waals surface area (Å²) in [6, 6.07) is 6.67. The standard InChI is InChI=1S/C21H22F3N7OS/c1-30-8-10-31(11-9-30)13-15-2-3-16(12-17(15)21(22,23)24)26-19(32)27-20-29-28-18(33-20)14-4-6-25-7-5-14/h2-7,12H,8-11,13H2,1H3,(H2,26,27,29,32). The molecule has 3 heterocycles. The smallest absolute Gasteiger partial charge is 0.308 e. The lowest BCUT2D eigenvalue weighted by atomic mass is 10.0. The number of likely N-dealkylation sites (N-methyl/N-ethyl adjacent to an activating group) is 1. The van der Waals surface area contributed by atoms with Gasteiger partial charge in [-0.05, 0) is 36.9 Å². The Kier molecular flexibility index (Phi) is 6.86. The van der Waals surface area contributed by atoms with Gasteiger partial charge in [0.1, 0.15) is 5.01 Å². The second-order valence-corrected chi connectivity index (χ2v) is 8.65. The second-order valence-electron chi connectivity index (χ2n) is 7.68. The summed E-state index contributed by atoms with van der Waals surface area (Å²) < 4.78 is 41.2. The summed E-state index contributed by atoms with van der Waals surface area (Å²) in [4.78, 5) is 20.4. The highest BCUT2D eigenvalue weighted by Crippen LogP contribution is 2.34. The van der Waals surface area contributed by atoms with Crippen LogP contribution in [0.5, 0.6) is 0 Å². The highest BCUT2D eigenvalue weighted by molar-refractivity contribution is 7.18. The van der Waals surface area contributed by atoms with E-state index >= 15 is 0 Å². The molecule has 0 spiro atoms. The monoisotopic (exact) mass is 477 g/mol. The second kappa shape index (κ2) is 9.81. The number of benzene rings is 1. The summed E-state index contributed by atoms with van der Waals surface area (Å²) in [5.41, 5.74) is 0.266. The van der Waals surface area contributed by atoms with Crippen LogP contribution in [0.15, 0.2) is 42.7 Å². The van der Waals surface area contributed by atoms with Crippen molar-refractivity contribution in [1.29, 1.82) is 0 Å². The molecule has 1 aromatic carbocycles. The molecule has 2 amide bonds. The fourth-order valence-corrected chi connectivity index (χ4v) is 4.19. The van der Waals surface area contributed by atoms with Gasteiger partial charge in [0, 0.05) is 56.4 Å². The molecule has 1 fully saturated rings. The van der Waals surface area contributed by atoms with Crippen LogP contribution in [0.4, 0.5) is 28.8 Å². The first-order valence-corrected chi connectivity index (χ1v) is 11.0. The Hall–Kier alpha value is -3.09. The van der Waals surface area contributed by atoms with Crippen molar-refractivity contribution >= 4 is 28.2 Å². The molecular weight excluding hydrogens is 455 g/mol. The third-order valence-corrected chi connectivity index (χ3v) is 6.12. The van der Waals surface area contributed by atoms with E-state index in [1.165, 1.54) is 12.1 Å². The average molecular weight is 478 g/mol. The minimum Gasteiger partial charge on any atom is -0.308 e. The first kappa shape index (κ1) is 23.1. The number of nitrogens with one attached hydrogen (secondary N) is 2. The van der Waals surface area contributed by atoms with Crippen LogP contribution in [-0.4, -0.2) is 64.2 Å². The van der Waals surface area contributed by atoms with Gasteiger partial charge >= 0.3 is 12.2 Å². The van der Waals surface area contributed by atoms with Crippen molar-refractivity contribution in [3.05, 3.63) is 53.9 Å². The Balaban J connectivity index is 1.43. The maximum atomic E-state index is 13.7. The Morgan fingerprint density at radius 1 is 1.06 bits per heavy atom. The van der Waals surface area contributed by atoms with E-state index in [2.05, 4.69) is 30.7 Å². The van der Waals surface area contributed by atoms with Gasteiger partial charge in [-0.25, -0.2) is 4.79 Å². The predicted octanol–water partition coefficient (Wildman–Crippen LogP) is 4.01. The fraction of sp³-hybridized carbons (Fsp3) is 0.333. The third-order valence-electron chi connectivity index (χ3n) is 5.24. The predicted molar refractivity (Wildman–Crippen MR) is 120 cm³/mol. The van der Waals surface area contributed by atoms with Crippen LogP contribution >= 0.6 is 11.3 Å². The molecule has 0 bridgehead atoms. The van der Waals surface area contributed by atoms with Crippen LogP contribution in [0.25, 0.3) is 10.6 Å². The van der Waals surface area contributed by atoms with E-state index in [-0.39, 0.29) is 22.9 Å². The largest absolute Gasteiger partial charge is 0.416 e. The number of amides is 2. The maximum Gasteiger partial charge on any atom is 0.416 e. The van der Waals surface area contributed by atoms with Gasteiger partial charge in [0.15, 0.2) is 0 Å². The number of anilines is 2. The molecule has 3 aromatic rings. The van der Waals surface area contributed by atoms with E-state index in [4.69, 9.17) is 0 Å². The molecular formula is C21H22F3N7OS. The highest BCUT2D eigenvalue weighted by Gasteiger charge is 2.34. The van der Waals surface area contributed by atoms with E-state index in [9.17, 15) is 18.0 Å². The minimum absolute atomic E-state index is 0.0424. The number of carbonyl (C=O) groups excluding carboxylic acids is 1. The van der Waals surface area contributed by atoms with E-state index in [1.54, 1.807) is 24.5 Å². The molecule has 1 aliphatic heterocycles. The quantitative estimate of drug-likeness (QED) is 0.578. The van der Waals surface area contributed by atoms with Gasteiger partial charge in [0.2, 0.25) is 5.13 Å². The first-order valence-electron chi connectivity index (χ1n) is 10.2. The SMILES string of the molecule is CN1CCN(Cc2ccc(NC(=O)Nc3nnc(-c4ccncc4)s3)cc2C(F)(F)F)CC1. The summed E-state index contributed by atoms with van der Waals surface area (Å²) in [6.07, 6.45) is -1.31. The molecule has 0 aliphatic carbocycles. The molecule has 0 atom stereocenters. The minimum atomic E-state index is -4.53. The summed E-state index contributed by atoms with van der Waals surface area (Å²) in [6.45, 7) is 3.25. The Morgan fingerprint density at radius 2 is 1.79 bits per heavy atom. The van der Waals surface area contributed by atoms with Crippen LogP contribution in [0.1, 0.15) is 11.1 Å². The number of alkyl halides is 3. The zero-order chi connectivity index (χ0) is 23.4. The molecule has 0 radical (unpaired) electrons. The van der Waals surface area contributed by atoms with Crippen molar-refractivity contribution in [3.63, 3.8) is 0 Å². The van der Waals surface area contributed by atoms with Gasteiger partial charge in [0.05, 0.1) is 5.56 Å². The number of rotatable bonds is 5. The van der Waals surface area contributed by atoms with Crippen LogP contribution in [0, 0.1) is 0 Å². The van der Waals surface area contributed by atoms with E-state index in [0.29, 0.717) is 18.1 Å². The van der Waals surface area contributed by atoms with Crippen molar-refractivity contribution in [2.24, 2.45) is 0 Å². The van der Waals surface area contributed by atoms with Gasteiger partial charge in [0.25, 0.3) is 0 Å². The number of piperazine rings is 1. The molecule has 1 aliphatic rings. The molecule has 8 nitrogen and oxygen atoms in total. The lowest BCUT2D eigenvalue weighted by Gasteiger charge is -2.33. The van der Waals surface area contributed by atoms with E-state index in [0.717, 1.165) is 36.1 Å². The molecule has 174 valence electrons. The van der Waals surface area contributed by atoms with Crippen molar-refractivity contribution in [3.8, 4) is 10.6 Å². The number of hydrogen-bond acceptors (Lipinski definition) is 7. The zero-order valence-corrected chi connectivity index (χ0v) is 18.6. The molecule has 0 saturated carbocycles. The Bertz CT molecular complexity index is 1100. The molecule has 4 rings (SSSR count). The van der Waals surface area contributed by atoms with Crippen molar-refractivity contribution in [2.45, 2.75) is 12.7 Å². The van der Waals surface area contributed by atoms with Crippen LogP contribution < -0.4 is 10.6 Å². The number of nitrogens with zero attached hydrogens (tertiary/aromatic N) is 5. The lowest BCUT2D eigenvalue weighted by molar-refractivity contribution is -0.138. The fourth-order valence-electron chi connectivity index (χ4n) is 3.45. The normalized spacial score (nSPS) is 15.4. The maximum absolute atomic E-state index is 13.7. The van der Waals surface area contributed by atoms with E-state index < -0.39 is 17.8 Å². The van der Waals surface area contributed by atoms with Crippen molar-refractivity contribution in [1.82, 2.24) is 25.0 Å². The number of aromatic nitrogens is 3. The Labute approximate surface area is 192 Å². The highest BCUT2D eigenvalue weighted by atomic mass is 32.1. The van der Waals surface area contributed by atoms with Gasteiger partial charge < -0.3 is 10.2 Å². The van der Waals surface area contributed by atoms with Gasteiger partial charge in [-0.1, -0.05) is 17.4 Å². The third kappa shape index (κ3) is 6.03. The number of pyridine rings is 1. The molecule has 2 N–H and O–H groups in total. The summed E-state index contributed by atoms with van der Waals surface area (Å²) in [7, 11) is 1.99. The number of hydrogen-bond donors (Lipinski definition) is 2. The van der Waals surface area contributed by atoms with E-state index in [1.807, 2.05) is 11.9 Å². The average Bonchev–Trinajstić information content (AvgIpc) is 3.24. The molecule has 2 aromatic heterocycles. The van der Waals surface area contributed by atoms with Crippen LogP contribution in [-0.2, 0) is 12.7 Å². The number of carbonyl (C=O) groups is 1. The van der Waals surface area contributed by atoms with Gasteiger partial charge in [-0.3, -0.25) is 15.2 Å². The summed E-state index contributed by atoms with van der Waals surface area (Å²) >= 11 is 1.14. The lowest BCUT2D eigenvalue weighted by Crippen LogP contribution is -2.44. The molecule has 0 unspecified atom stereocenters.